The lowest BCUT2D eigenvalue weighted by molar-refractivity contribution is 0.0577. The molecule has 7 rings (SSSR count). The van der Waals surface area contributed by atoms with Crippen molar-refractivity contribution in [3.8, 4) is 6.07 Å². The highest BCUT2D eigenvalue weighted by Crippen LogP contribution is 2.50. The van der Waals surface area contributed by atoms with Crippen LogP contribution in [0.5, 0.6) is 0 Å². The predicted octanol–water partition coefficient (Wildman–Crippen LogP) is 6.66. The minimum absolute atomic E-state index is 0.0531. The Hall–Kier alpha value is -5.34. The number of carbonyl (C=O) groups excluding carboxylic acids is 4. The maximum Gasteiger partial charge on any atom is 0.261 e. The summed E-state index contributed by atoms with van der Waals surface area (Å²) in [5.41, 5.74) is 1.75. The Morgan fingerprint density at radius 1 is 0.667 bits per heavy atom. The second kappa shape index (κ2) is 8.58. The quantitative estimate of drug-likeness (QED) is 0.107. The van der Waals surface area contributed by atoms with Gasteiger partial charge in [0.05, 0.1) is 23.8 Å². The first-order valence-corrected chi connectivity index (χ1v) is 13.9. The Morgan fingerprint density at radius 3 is 1.60 bits per heavy atom. The van der Waals surface area contributed by atoms with Crippen LogP contribution in [-0.4, -0.2) is 46.5 Å². The van der Waals surface area contributed by atoms with Crippen LogP contribution < -0.4 is 0 Å². The molecule has 2 aliphatic heterocycles. The van der Waals surface area contributed by atoms with Crippen LogP contribution in [0.25, 0.3) is 47.9 Å². The molecule has 4 amide bonds. The predicted molar refractivity (Wildman–Crippen MR) is 159 cm³/mol. The summed E-state index contributed by atoms with van der Waals surface area (Å²) in [6.45, 7) is 16.3. The molecule has 0 aliphatic carbocycles. The summed E-state index contributed by atoms with van der Waals surface area (Å²) in [7, 11) is 0. The van der Waals surface area contributed by atoms with Crippen molar-refractivity contribution in [2.45, 2.75) is 27.7 Å². The van der Waals surface area contributed by atoms with Crippen LogP contribution in [-0.2, 0) is 0 Å². The number of benzene rings is 5. The molecule has 0 radical (unpaired) electrons. The second-order valence-corrected chi connectivity index (χ2v) is 11.9. The Labute approximate surface area is 240 Å². The molecule has 0 spiro atoms. The molecule has 0 bridgehead atoms. The van der Waals surface area contributed by atoms with E-state index in [1.54, 1.807) is 36.4 Å². The van der Waals surface area contributed by atoms with Gasteiger partial charge in [-0.1, -0.05) is 39.8 Å². The van der Waals surface area contributed by atoms with Gasteiger partial charge in [0, 0.05) is 45.9 Å². The van der Waals surface area contributed by atoms with E-state index in [1.165, 1.54) is 9.80 Å². The van der Waals surface area contributed by atoms with Crippen molar-refractivity contribution in [2.75, 3.05) is 13.1 Å². The zero-order chi connectivity index (χ0) is 29.8. The number of hydrogen-bond donors (Lipinski definition) is 0. The third-order valence-electron chi connectivity index (χ3n) is 8.32. The van der Waals surface area contributed by atoms with E-state index in [-0.39, 0.29) is 47.3 Å². The number of fused-ring (bicyclic) bond motifs is 2. The molecule has 0 fully saturated rings. The van der Waals surface area contributed by atoms with Crippen LogP contribution >= 0.6 is 0 Å². The number of nitrogens with zero attached hydrogens (tertiary/aromatic N) is 4. The molecule has 0 atom stereocenters. The molecule has 42 heavy (non-hydrogen) atoms. The third-order valence-corrected chi connectivity index (χ3v) is 8.32. The van der Waals surface area contributed by atoms with Crippen LogP contribution in [0.15, 0.2) is 36.4 Å². The van der Waals surface area contributed by atoms with E-state index in [0.717, 1.165) is 0 Å². The number of imide groups is 2. The van der Waals surface area contributed by atoms with E-state index >= 15 is 0 Å². The van der Waals surface area contributed by atoms with Crippen molar-refractivity contribution in [1.29, 1.82) is 5.26 Å². The van der Waals surface area contributed by atoms with Gasteiger partial charge >= 0.3 is 0 Å². The number of hydrogen-bond acceptors (Lipinski definition) is 5. The summed E-state index contributed by atoms with van der Waals surface area (Å²) in [4.78, 5) is 60.9. The fourth-order valence-electron chi connectivity index (χ4n) is 6.78. The summed E-state index contributed by atoms with van der Waals surface area (Å²) in [5.74, 6) is -1.59. The molecular weight excluding hydrogens is 528 g/mol. The fraction of sp³-hybridized carbons (Fsp3) is 0.235. The standard InChI is InChI=1S/C34H24N4O4/c1-15(2)13-37-31(39)20-9-7-19-28-24(36-5)11-23-27-21(32(40)38(34(23)42)14-16(3)4)8-6-18(30(27)28)25-17(12-35)10-22(33(37)41)26(20)29(19)25/h6-11,15-16H,13-14H2,1-4H3. The SMILES string of the molecule is [C-]#[N+]c1cc2c3c(ccc4c5c(C#N)cc6c7c(ccc(c1c34)c75)C(=O)N(CC(C)C)C6=O)C(=O)N(CC(C)C)C2=O. The highest BCUT2D eigenvalue weighted by atomic mass is 16.2. The first-order valence-electron chi connectivity index (χ1n) is 13.9. The minimum atomic E-state index is -0.454. The summed E-state index contributed by atoms with van der Waals surface area (Å²) >= 11 is 0. The van der Waals surface area contributed by atoms with Gasteiger partial charge in [-0.05, 0) is 63.0 Å². The monoisotopic (exact) mass is 552 g/mol. The topological polar surface area (TPSA) is 103 Å². The van der Waals surface area contributed by atoms with Crippen molar-refractivity contribution >= 4 is 72.4 Å². The maximum absolute atomic E-state index is 13.7. The number of amides is 4. The van der Waals surface area contributed by atoms with Gasteiger partial charge in [-0.2, -0.15) is 5.26 Å². The van der Waals surface area contributed by atoms with Gasteiger partial charge in [0.25, 0.3) is 23.6 Å². The molecule has 0 unspecified atom stereocenters. The molecule has 0 aromatic heterocycles. The van der Waals surface area contributed by atoms with E-state index in [4.69, 9.17) is 6.57 Å². The van der Waals surface area contributed by atoms with Crippen LogP contribution in [0.2, 0.25) is 0 Å². The van der Waals surface area contributed by atoms with Crippen molar-refractivity contribution < 1.29 is 19.2 Å². The lowest BCUT2D eigenvalue weighted by Gasteiger charge is -2.31. The van der Waals surface area contributed by atoms with Crippen molar-refractivity contribution in [1.82, 2.24) is 9.80 Å². The highest BCUT2D eigenvalue weighted by molar-refractivity contribution is 6.43. The lowest BCUT2D eigenvalue weighted by Crippen LogP contribution is -2.42. The Balaban J connectivity index is 1.69. The average molecular weight is 553 g/mol. The van der Waals surface area contributed by atoms with E-state index in [0.29, 0.717) is 54.2 Å². The van der Waals surface area contributed by atoms with Gasteiger partial charge in [-0.25, -0.2) is 4.85 Å². The molecule has 2 aliphatic rings. The van der Waals surface area contributed by atoms with Gasteiger partial charge in [0.2, 0.25) is 0 Å². The first kappa shape index (κ1) is 25.6. The van der Waals surface area contributed by atoms with Gasteiger partial charge in [-0.15, -0.1) is 0 Å². The largest absolute Gasteiger partial charge is 0.274 e. The summed E-state index contributed by atoms with van der Waals surface area (Å²) in [6.07, 6.45) is 0. The first-order chi connectivity index (χ1) is 20.1. The highest BCUT2D eigenvalue weighted by Gasteiger charge is 2.38. The zero-order valence-electron chi connectivity index (χ0n) is 23.5. The molecule has 2 heterocycles. The van der Waals surface area contributed by atoms with Gasteiger partial charge in [-0.3, -0.25) is 29.0 Å². The van der Waals surface area contributed by atoms with Crippen LogP contribution in [0.4, 0.5) is 5.69 Å². The number of carbonyl (C=O) groups is 4. The third kappa shape index (κ3) is 3.09. The zero-order valence-corrected chi connectivity index (χ0v) is 23.5. The summed E-state index contributed by atoms with van der Waals surface area (Å²) in [6, 6.07) is 12.2. The molecule has 0 saturated carbocycles. The molecule has 8 nitrogen and oxygen atoms in total. The van der Waals surface area contributed by atoms with Crippen LogP contribution in [0.1, 0.15) is 74.7 Å². The van der Waals surface area contributed by atoms with Crippen molar-refractivity contribution in [3.05, 3.63) is 75.6 Å². The maximum atomic E-state index is 13.7. The Morgan fingerprint density at radius 2 is 1.12 bits per heavy atom. The molecule has 204 valence electrons. The van der Waals surface area contributed by atoms with Crippen LogP contribution in [0, 0.1) is 29.7 Å². The number of nitriles is 1. The van der Waals surface area contributed by atoms with Crippen molar-refractivity contribution in [2.24, 2.45) is 11.8 Å². The smallest absolute Gasteiger partial charge is 0.261 e. The summed E-state index contributed by atoms with van der Waals surface area (Å²) in [5, 5.41) is 14.6. The molecule has 0 saturated heterocycles. The molecule has 5 aromatic rings. The average Bonchev–Trinajstić information content (AvgIpc) is 2.97. The molecule has 8 heteroatoms. The minimum Gasteiger partial charge on any atom is -0.274 e. The van der Waals surface area contributed by atoms with Gasteiger partial charge in [0.15, 0.2) is 5.69 Å². The van der Waals surface area contributed by atoms with Crippen LogP contribution in [0.3, 0.4) is 0 Å². The molecule has 5 aromatic carbocycles. The lowest BCUT2D eigenvalue weighted by atomic mass is 9.80. The van der Waals surface area contributed by atoms with E-state index in [1.807, 2.05) is 27.7 Å². The van der Waals surface area contributed by atoms with Gasteiger partial charge in [0.1, 0.15) is 0 Å². The molecule has 0 N–H and O–H groups in total. The molecular formula is C34H24N4O4. The normalized spacial score (nSPS) is 14.9. The van der Waals surface area contributed by atoms with Gasteiger partial charge < -0.3 is 0 Å². The summed E-state index contributed by atoms with van der Waals surface area (Å²) < 4.78 is 0. The fourth-order valence-corrected chi connectivity index (χ4v) is 6.78. The van der Waals surface area contributed by atoms with E-state index in [9.17, 15) is 24.4 Å². The Kier molecular flexibility index (Phi) is 5.23. The Bertz CT molecular complexity index is 2060. The second-order valence-electron chi connectivity index (χ2n) is 11.9. The van der Waals surface area contributed by atoms with E-state index < -0.39 is 23.6 Å². The van der Waals surface area contributed by atoms with Crippen molar-refractivity contribution in [3.63, 3.8) is 0 Å². The van der Waals surface area contributed by atoms with E-state index in [2.05, 4.69) is 10.9 Å². The number of rotatable bonds is 4.